The third-order valence-corrected chi connectivity index (χ3v) is 1.20. The van der Waals surface area contributed by atoms with Crippen molar-refractivity contribution >= 4 is 5.69 Å². The third kappa shape index (κ3) is 1.39. The molecule has 1 aromatic carbocycles. The summed E-state index contributed by atoms with van der Waals surface area (Å²) in [4.78, 5) is 0. The van der Waals surface area contributed by atoms with E-state index in [1.54, 1.807) is 31.4 Å². The molecule has 0 saturated heterocycles. The molecule has 0 aliphatic rings. The summed E-state index contributed by atoms with van der Waals surface area (Å²) in [7, 11) is 1.58. The zero-order valence-corrected chi connectivity index (χ0v) is 5.66. The molecule has 0 bridgehead atoms. The van der Waals surface area contributed by atoms with Crippen molar-refractivity contribution in [3.8, 4) is 5.75 Å². The predicted octanol–water partition coefficient (Wildman–Crippen LogP) is 1.50. The lowest BCUT2D eigenvalue weighted by molar-refractivity contribution is 0.386. The molecule has 10 heavy (non-hydrogen) atoms. The molecule has 0 aliphatic heterocycles. The van der Waals surface area contributed by atoms with E-state index in [9.17, 15) is 0 Å². The zero-order valence-electron chi connectivity index (χ0n) is 5.66. The highest BCUT2D eigenvalue weighted by Gasteiger charge is 1.90. The molecule has 54 valence electrons. The number of rotatable bonds is 2. The van der Waals surface area contributed by atoms with Gasteiger partial charge in [-0.05, 0) is 12.1 Å². The lowest BCUT2D eigenvalue weighted by atomic mass is 10.3. The highest BCUT2D eigenvalue weighted by Crippen LogP contribution is 2.15. The van der Waals surface area contributed by atoms with Crippen molar-refractivity contribution in [2.24, 2.45) is 0 Å². The van der Waals surface area contributed by atoms with Crippen LogP contribution >= 0.6 is 0 Å². The van der Waals surface area contributed by atoms with E-state index in [0.29, 0.717) is 5.69 Å². The molecule has 0 heterocycles. The largest absolute Gasteiger partial charge is 0.497 e. The average molecular weight is 139 g/mol. The highest BCUT2D eigenvalue weighted by atomic mass is 16.5. The summed E-state index contributed by atoms with van der Waals surface area (Å²) < 4.78 is 4.91. The topological polar surface area (TPSA) is 41.5 Å². The summed E-state index contributed by atoms with van der Waals surface area (Å²) in [5.74, 6) is 0.721. The Hall–Kier alpha value is -1.22. The fourth-order valence-corrected chi connectivity index (χ4v) is 0.693. The molecule has 0 radical (unpaired) electrons. The van der Waals surface area contributed by atoms with E-state index >= 15 is 0 Å². The van der Waals surface area contributed by atoms with Crippen molar-refractivity contribution in [3.63, 3.8) is 0 Å². The Balaban J connectivity index is 2.87. The van der Waals surface area contributed by atoms with E-state index in [0.717, 1.165) is 5.75 Å². The van der Waals surface area contributed by atoms with E-state index < -0.39 is 0 Å². The van der Waals surface area contributed by atoms with E-state index in [1.165, 1.54) is 0 Å². The van der Waals surface area contributed by atoms with Crippen molar-refractivity contribution in [3.05, 3.63) is 24.3 Å². The van der Waals surface area contributed by atoms with Crippen LogP contribution in [0.3, 0.4) is 0 Å². The van der Waals surface area contributed by atoms with E-state index in [2.05, 4.69) is 0 Å². The summed E-state index contributed by atoms with van der Waals surface area (Å²) in [6.07, 6.45) is 0. The van der Waals surface area contributed by atoms with Crippen molar-refractivity contribution < 1.29 is 9.94 Å². The molecule has 0 fully saturated rings. The van der Waals surface area contributed by atoms with Gasteiger partial charge in [0.25, 0.3) is 0 Å². The lowest BCUT2D eigenvalue weighted by Crippen LogP contribution is -1.89. The van der Waals surface area contributed by atoms with Gasteiger partial charge < -0.3 is 4.74 Å². The molecule has 1 rings (SSSR count). The second kappa shape index (κ2) is 3.08. The van der Waals surface area contributed by atoms with Gasteiger partial charge in [-0.25, -0.2) is 0 Å². The predicted molar refractivity (Wildman–Crippen MR) is 38.4 cm³/mol. The van der Waals surface area contributed by atoms with E-state index in [1.807, 2.05) is 5.48 Å². The first-order valence-electron chi connectivity index (χ1n) is 2.91. The smallest absolute Gasteiger partial charge is 0.121 e. The van der Waals surface area contributed by atoms with Crippen LogP contribution in [0.1, 0.15) is 0 Å². The lowest BCUT2D eigenvalue weighted by Gasteiger charge is -2.00. The van der Waals surface area contributed by atoms with Crippen molar-refractivity contribution in [1.82, 2.24) is 0 Å². The van der Waals surface area contributed by atoms with Gasteiger partial charge in [-0.3, -0.25) is 10.7 Å². The number of nitrogens with one attached hydrogen (secondary N) is 1. The first-order valence-corrected chi connectivity index (χ1v) is 2.91. The van der Waals surface area contributed by atoms with E-state index in [-0.39, 0.29) is 0 Å². The van der Waals surface area contributed by atoms with Crippen LogP contribution in [0.5, 0.6) is 5.75 Å². The molecule has 0 amide bonds. The van der Waals surface area contributed by atoms with Crippen LogP contribution in [0.15, 0.2) is 24.3 Å². The number of anilines is 1. The Morgan fingerprint density at radius 2 is 2.30 bits per heavy atom. The summed E-state index contributed by atoms with van der Waals surface area (Å²) in [5, 5.41) is 8.45. The number of benzene rings is 1. The second-order valence-electron chi connectivity index (χ2n) is 1.84. The molecule has 3 nitrogen and oxygen atoms in total. The monoisotopic (exact) mass is 139 g/mol. The number of methoxy groups -OCH3 is 1. The number of ether oxygens (including phenoxy) is 1. The molecule has 0 unspecified atom stereocenters. The third-order valence-electron chi connectivity index (χ3n) is 1.20. The molecule has 0 aromatic heterocycles. The van der Waals surface area contributed by atoms with Crippen LogP contribution in [0.4, 0.5) is 5.69 Å². The molecule has 2 N–H and O–H groups in total. The molecule has 0 aliphatic carbocycles. The van der Waals surface area contributed by atoms with Gasteiger partial charge in [-0.1, -0.05) is 6.07 Å². The van der Waals surface area contributed by atoms with E-state index in [4.69, 9.17) is 9.94 Å². The average Bonchev–Trinajstić information content (AvgIpc) is 2.05. The van der Waals surface area contributed by atoms with Crippen molar-refractivity contribution in [2.75, 3.05) is 12.6 Å². The first kappa shape index (κ1) is 6.89. The van der Waals surface area contributed by atoms with Gasteiger partial charge in [0.05, 0.1) is 12.8 Å². The van der Waals surface area contributed by atoms with Gasteiger partial charge in [-0.15, -0.1) is 0 Å². The molecular formula is C7H9NO2. The minimum Gasteiger partial charge on any atom is -0.497 e. The van der Waals surface area contributed by atoms with Crippen LogP contribution < -0.4 is 10.2 Å². The molecule has 3 heteroatoms. The highest BCUT2D eigenvalue weighted by molar-refractivity contribution is 5.46. The second-order valence-corrected chi connectivity index (χ2v) is 1.84. The maximum Gasteiger partial charge on any atom is 0.121 e. The summed E-state index contributed by atoms with van der Waals surface area (Å²) in [5.41, 5.74) is 2.65. The normalized spacial score (nSPS) is 9.00. The molecule has 0 atom stereocenters. The number of hydrogen-bond acceptors (Lipinski definition) is 3. The van der Waals surface area contributed by atoms with Gasteiger partial charge in [0.2, 0.25) is 0 Å². The van der Waals surface area contributed by atoms with Crippen LogP contribution in [0, 0.1) is 0 Å². The Kier molecular flexibility index (Phi) is 2.12. The SMILES string of the molecule is COc1cccc(NO)c1. The Bertz CT molecular complexity index is 193. The van der Waals surface area contributed by atoms with Crippen LogP contribution in [-0.4, -0.2) is 12.3 Å². The molecule has 0 spiro atoms. The van der Waals surface area contributed by atoms with Gasteiger partial charge in [0.1, 0.15) is 5.75 Å². The Morgan fingerprint density at radius 1 is 1.50 bits per heavy atom. The van der Waals surface area contributed by atoms with Gasteiger partial charge in [0, 0.05) is 6.07 Å². The zero-order chi connectivity index (χ0) is 7.40. The Labute approximate surface area is 59.2 Å². The minimum atomic E-state index is 0.624. The van der Waals surface area contributed by atoms with Crippen LogP contribution in [0.2, 0.25) is 0 Å². The van der Waals surface area contributed by atoms with Crippen molar-refractivity contribution in [2.45, 2.75) is 0 Å². The van der Waals surface area contributed by atoms with Gasteiger partial charge >= 0.3 is 0 Å². The summed E-state index contributed by atoms with van der Waals surface area (Å²) in [6.45, 7) is 0. The minimum absolute atomic E-state index is 0.624. The molecule has 1 aromatic rings. The summed E-state index contributed by atoms with van der Waals surface area (Å²) >= 11 is 0. The van der Waals surface area contributed by atoms with Crippen LogP contribution in [0.25, 0.3) is 0 Å². The maximum absolute atomic E-state index is 8.45. The fourth-order valence-electron chi connectivity index (χ4n) is 0.693. The van der Waals surface area contributed by atoms with Gasteiger partial charge in [0.15, 0.2) is 0 Å². The summed E-state index contributed by atoms with van der Waals surface area (Å²) in [6, 6.07) is 7.03. The maximum atomic E-state index is 8.45. The van der Waals surface area contributed by atoms with Gasteiger partial charge in [-0.2, -0.15) is 0 Å². The quantitative estimate of drug-likeness (QED) is 0.610. The fraction of sp³-hybridized carbons (Fsp3) is 0.143. The standard InChI is InChI=1S/C7H9NO2/c1-10-7-4-2-3-6(5-7)8-9/h2-5,8-9H,1H3. The van der Waals surface area contributed by atoms with Crippen LogP contribution in [-0.2, 0) is 0 Å². The van der Waals surface area contributed by atoms with Crippen molar-refractivity contribution in [1.29, 1.82) is 0 Å². The molecule has 0 saturated carbocycles. The molecular weight excluding hydrogens is 130 g/mol. The first-order chi connectivity index (χ1) is 4.86. The Morgan fingerprint density at radius 3 is 2.90 bits per heavy atom. The number of hydrogen-bond donors (Lipinski definition) is 2.